The molecule has 4 rings (SSSR count). The van der Waals surface area contributed by atoms with Gasteiger partial charge in [0.25, 0.3) is 20.2 Å². The average Bonchev–Trinajstić information content (AvgIpc) is 3.13. The Morgan fingerprint density at radius 2 is 1.56 bits per heavy atom. The number of fused-ring (bicyclic) bond motifs is 2. The number of benzene rings is 2. The molecule has 1 aliphatic rings. The minimum absolute atomic E-state index is 0.192. The molecule has 27 heavy (non-hydrogen) atoms. The Labute approximate surface area is 153 Å². The van der Waals surface area contributed by atoms with Crippen molar-refractivity contribution < 1.29 is 31.0 Å². The lowest BCUT2D eigenvalue weighted by Crippen LogP contribution is -2.02. The van der Waals surface area contributed by atoms with Crippen molar-refractivity contribution in [1.29, 1.82) is 0 Å². The first-order valence-corrected chi connectivity index (χ1v) is 10.4. The van der Waals surface area contributed by atoms with Gasteiger partial charge in [0.15, 0.2) is 0 Å². The number of nitrogens with one attached hydrogen (secondary N) is 1. The SMILES string of the molecule is O=S(=O)(O)c1ccc2c(c1)CC(c1[nH]c3ccc(S(=O)(=O)O)cc3c1O)=N2. The first-order chi connectivity index (χ1) is 12.5. The lowest BCUT2D eigenvalue weighted by atomic mass is 10.1. The number of H-pyrrole nitrogens is 1. The molecule has 1 aliphatic heterocycles. The Balaban J connectivity index is 1.78. The van der Waals surface area contributed by atoms with Crippen molar-refractivity contribution in [2.24, 2.45) is 4.99 Å². The maximum absolute atomic E-state index is 11.3. The lowest BCUT2D eigenvalue weighted by Gasteiger charge is -2.00. The van der Waals surface area contributed by atoms with Gasteiger partial charge in [-0.3, -0.25) is 14.1 Å². The van der Waals surface area contributed by atoms with Crippen molar-refractivity contribution in [1.82, 2.24) is 4.98 Å². The molecule has 0 unspecified atom stereocenters. The fourth-order valence-corrected chi connectivity index (χ4v) is 4.05. The molecule has 0 aliphatic carbocycles. The minimum atomic E-state index is -4.42. The second kappa shape index (κ2) is 5.63. The highest BCUT2D eigenvalue weighted by Crippen LogP contribution is 2.36. The van der Waals surface area contributed by atoms with E-state index in [2.05, 4.69) is 9.98 Å². The van der Waals surface area contributed by atoms with Crippen LogP contribution in [0.2, 0.25) is 0 Å². The second-order valence-electron chi connectivity index (χ2n) is 6.03. The van der Waals surface area contributed by atoms with Crippen molar-refractivity contribution in [2.45, 2.75) is 16.2 Å². The lowest BCUT2D eigenvalue weighted by molar-refractivity contribution is 0.479. The second-order valence-corrected chi connectivity index (χ2v) is 8.87. The van der Waals surface area contributed by atoms with Crippen molar-refractivity contribution >= 4 is 42.5 Å². The molecule has 0 amide bonds. The molecule has 4 N–H and O–H groups in total. The maximum atomic E-state index is 11.3. The predicted molar refractivity (Wildman–Crippen MR) is 95.9 cm³/mol. The van der Waals surface area contributed by atoms with Crippen molar-refractivity contribution in [3.8, 4) is 5.75 Å². The summed E-state index contributed by atoms with van der Waals surface area (Å²) in [5.41, 5.74) is 2.15. The van der Waals surface area contributed by atoms with Gasteiger partial charge in [0.2, 0.25) is 0 Å². The van der Waals surface area contributed by atoms with Crippen LogP contribution in [-0.2, 0) is 26.7 Å². The molecule has 3 aromatic rings. The molecule has 2 aromatic carbocycles. The zero-order valence-corrected chi connectivity index (χ0v) is 15.0. The first-order valence-electron chi connectivity index (χ1n) is 7.54. The predicted octanol–water partition coefficient (Wildman–Crippen LogP) is 2.04. The van der Waals surface area contributed by atoms with Gasteiger partial charge >= 0.3 is 0 Å². The standard InChI is InChI=1S/C16H12N2O7S2/c19-16-11-7-10(27(23,24)25)2-4-13(11)18-15(16)14-6-8-5-9(26(20,21)22)1-3-12(8)17-14/h1-5,7,18-19H,6H2,(H,20,21,22)(H,23,24,25). The molecule has 0 bridgehead atoms. The third-order valence-electron chi connectivity index (χ3n) is 4.29. The maximum Gasteiger partial charge on any atom is 0.294 e. The summed E-state index contributed by atoms with van der Waals surface area (Å²) >= 11 is 0. The van der Waals surface area contributed by atoms with E-state index >= 15 is 0 Å². The van der Waals surface area contributed by atoms with Crippen LogP contribution in [0.5, 0.6) is 5.75 Å². The smallest absolute Gasteiger partial charge is 0.294 e. The minimum Gasteiger partial charge on any atom is -0.505 e. The summed E-state index contributed by atoms with van der Waals surface area (Å²) in [5, 5.41) is 10.7. The highest BCUT2D eigenvalue weighted by molar-refractivity contribution is 7.86. The van der Waals surface area contributed by atoms with Gasteiger partial charge in [-0.1, -0.05) is 0 Å². The molecule has 9 nitrogen and oxygen atoms in total. The first kappa shape index (κ1) is 17.7. The highest BCUT2D eigenvalue weighted by Gasteiger charge is 2.24. The van der Waals surface area contributed by atoms with Gasteiger partial charge < -0.3 is 10.1 Å². The largest absolute Gasteiger partial charge is 0.505 e. The molecule has 1 aromatic heterocycles. The quantitative estimate of drug-likeness (QED) is 0.483. The van der Waals surface area contributed by atoms with Crippen LogP contribution >= 0.6 is 0 Å². The van der Waals surface area contributed by atoms with Gasteiger partial charge in [-0.05, 0) is 42.0 Å². The van der Waals surface area contributed by atoms with E-state index in [-0.39, 0.29) is 33.0 Å². The van der Waals surface area contributed by atoms with Crippen LogP contribution in [0.4, 0.5) is 5.69 Å². The number of rotatable bonds is 3. The number of nitrogens with zero attached hydrogens (tertiary/aromatic N) is 1. The van der Waals surface area contributed by atoms with Crippen molar-refractivity contribution in [2.75, 3.05) is 0 Å². The molecular weight excluding hydrogens is 396 g/mol. The Kier molecular flexibility index (Phi) is 3.69. The van der Waals surface area contributed by atoms with Gasteiger partial charge in [0.05, 0.1) is 21.2 Å². The van der Waals surface area contributed by atoms with E-state index < -0.39 is 20.2 Å². The molecule has 0 saturated heterocycles. The van der Waals surface area contributed by atoms with E-state index in [1.807, 2.05) is 0 Å². The number of aromatic hydroxyl groups is 1. The summed E-state index contributed by atoms with van der Waals surface area (Å²) in [5.74, 6) is -0.239. The highest BCUT2D eigenvalue weighted by atomic mass is 32.2. The van der Waals surface area contributed by atoms with Gasteiger partial charge in [-0.25, -0.2) is 0 Å². The normalized spacial score (nSPS) is 14.4. The van der Waals surface area contributed by atoms with E-state index in [0.717, 1.165) is 6.07 Å². The van der Waals surface area contributed by atoms with Gasteiger partial charge in [-0.2, -0.15) is 16.8 Å². The Morgan fingerprint density at radius 3 is 2.22 bits per heavy atom. The van der Waals surface area contributed by atoms with Crippen LogP contribution in [0.15, 0.2) is 51.2 Å². The summed E-state index contributed by atoms with van der Waals surface area (Å²) in [7, 11) is -8.76. The summed E-state index contributed by atoms with van der Waals surface area (Å²) in [4.78, 5) is 6.68. The van der Waals surface area contributed by atoms with Crippen molar-refractivity contribution in [3.05, 3.63) is 47.7 Å². The Morgan fingerprint density at radius 1 is 0.926 bits per heavy atom. The molecule has 0 atom stereocenters. The zero-order chi connectivity index (χ0) is 19.6. The molecule has 0 spiro atoms. The van der Waals surface area contributed by atoms with Gasteiger partial charge in [-0.15, -0.1) is 0 Å². The van der Waals surface area contributed by atoms with Crippen LogP contribution in [0.25, 0.3) is 10.9 Å². The van der Waals surface area contributed by atoms with E-state index in [0.29, 0.717) is 22.5 Å². The molecule has 140 valence electrons. The molecule has 0 saturated carbocycles. The Hall–Kier alpha value is -2.73. The Bertz CT molecular complexity index is 1350. The zero-order valence-electron chi connectivity index (χ0n) is 13.4. The van der Waals surface area contributed by atoms with Crippen molar-refractivity contribution in [3.63, 3.8) is 0 Å². The summed E-state index contributed by atoms with van der Waals surface area (Å²) < 4.78 is 63.4. The molecule has 0 fully saturated rings. The molecule has 0 radical (unpaired) electrons. The number of aromatic nitrogens is 1. The van der Waals surface area contributed by atoms with Crippen LogP contribution in [-0.4, -0.2) is 41.7 Å². The van der Waals surface area contributed by atoms with Gasteiger partial charge in [0, 0.05) is 17.3 Å². The van der Waals surface area contributed by atoms with Crippen LogP contribution < -0.4 is 0 Å². The van der Waals surface area contributed by atoms with E-state index in [4.69, 9.17) is 9.11 Å². The van der Waals surface area contributed by atoms with E-state index in [9.17, 15) is 21.9 Å². The fourth-order valence-electron chi connectivity index (χ4n) is 3.01. The fraction of sp³-hybridized carbons (Fsp3) is 0.0625. The third kappa shape index (κ3) is 3.00. The molecule has 11 heteroatoms. The van der Waals surface area contributed by atoms with Crippen LogP contribution in [0.1, 0.15) is 11.3 Å². The number of hydrogen-bond acceptors (Lipinski definition) is 6. The molecule has 2 heterocycles. The monoisotopic (exact) mass is 408 g/mol. The number of aliphatic imine (C=N–C) groups is 1. The number of aromatic amines is 1. The summed E-state index contributed by atoms with van der Waals surface area (Å²) in [6, 6.07) is 7.71. The van der Waals surface area contributed by atoms with E-state index in [1.54, 1.807) is 0 Å². The summed E-state index contributed by atoms with van der Waals surface area (Å²) in [6.07, 6.45) is 0.199. The van der Waals surface area contributed by atoms with Gasteiger partial charge in [0.1, 0.15) is 11.4 Å². The van der Waals surface area contributed by atoms with E-state index in [1.165, 1.54) is 30.3 Å². The summed E-state index contributed by atoms with van der Waals surface area (Å²) in [6.45, 7) is 0. The molecular formula is C16H12N2O7S2. The third-order valence-corrected chi connectivity index (χ3v) is 5.99. The topological polar surface area (TPSA) is 157 Å². The van der Waals surface area contributed by atoms with Crippen LogP contribution in [0, 0.1) is 0 Å². The number of hydrogen-bond donors (Lipinski definition) is 4. The average molecular weight is 408 g/mol. The van der Waals surface area contributed by atoms with Crippen LogP contribution in [0.3, 0.4) is 0 Å².